The fourth-order valence-corrected chi connectivity index (χ4v) is 2.02. The average Bonchev–Trinajstić information content (AvgIpc) is 2.19. The molecule has 0 aromatic heterocycles. The van der Waals surface area contributed by atoms with E-state index in [4.69, 9.17) is 0 Å². The Morgan fingerprint density at radius 3 is 2.71 bits per heavy atom. The Labute approximate surface area is 86.6 Å². The molecule has 82 valence electrons. The van der Waals surface area contributed by atoms with Crippen molar-refractivity contribution in [3.05, 3.63) is 0 Å². The van der Waals surface area contributed by atoms with Gasteiger partial charge in [0.2, 0.25) is 5.91 Å². The first-order chi connectivity index (χ1) is 6.74. The van der Waals surface area contributed by atoms with Crippen LogP contribution in [-0.2, 0) is 4.79 Å². The number of hydrogen-bond donors (Lipinski definition) is 2. The van der Waals surface area contributed by atoms with Gasteiger partial charge in [-0.05, 0) is 45.2 Å². The van der Waals surface area contributed by atoms with Crippen molar-refractivity contribution in [1.29, 1.82) is 0 Å². The monoisotopic (exact) mass is 198 g/mol. The number of piperidine rings is 1. The summed E-state index contributed by atoms with van der Waals surface area (Å²) in [5.41, 5.74) is 0. The standard InChI is InChI=1S/C11H22N2O/c1-3-4-11(14)13-9(2)10-5-7-12-8-6-10/h9-10,12H,3-8H2,1-2H3,(H,13,14). The Morgan fingerprint density at radius 2 is 2.14 bits per heavy atom. The van der Waals surface area contributed by atoms with Crippen LogP contribution >= 0.6 is 0 Å². The number of rotatable bonds is 4. The summed E-state index contributed by atoms with van der Waals surface area (Å²) < 4.78 is 0. The van der Waals surface area contributed by atoms with E-state index in [-0.39, 0.29) is 5.91 Å². The molecule has 1 amide bonds. The number of carbonyl (C=O) groups excluding carboxylic acids is 1. The minimum Gasteiger partial charge on any atom is -0.353 e. The molecule has 3 nitrogen and oxygen atoms in total. The van der Waals surface area contributed by atoms with E-state index in [0.29, 0.717) is 18.4 Å². The number of hydrogen-bond acceptors (Lipinski definition) is 2. The summed E-state index contributed by atoms with van der Waals surface area (Å²) in [6.07, 6.45) is 3.97. The van der Waals surface area contributed by atoms with Gasteiger partial charge in [0.05, 0.1) is 0 Å². The van der Waals surface area contributed by atoms with E-state index in [0.717, 1.165) is 19.5 Å². The van der Waals surface area contributed by atoms with Crippen molar-refractivity contribution in [2.24, 2.45) is 5.92 Å². The van der Waals surface area contributed by atoms with Crippen molar-refractivity contribution < 1.29 is 4.79 Å². The second-order valence-electron chi connectivity index (χ2n) is 4.19. The third-order valence-electron chi connectivity index (χ3n) is 2.96. The molecule has 0 aromatic carbocycles. The topological polar surface area (TPSA) is 41.1 Å². The van der Waals surface area contributed by atoms with E-state index in [9.17, 15) is 4.79 Å². The van der Waals surface area contributed by atoms with Gasteiger partial charge in [0, 0.05) is 12.5 Å². The molecule has 2 N–H and O–H groups in total. The van der Waals surface area contributed by atoms with E-state index in [1.165, 1.54) is 12.8 Å². The second-order valence-corrected chi connectivity index (χ2v) is 4.19. The molecule has 1 saturated heterocycles. The van der Waals surface area contributed by atoms with Gasteiger partial charge in [0.25, 0.3) is 0 Å². The zero-order valence-electron chi connectivity index (χ0n) is 9.31. The van der Waals surface area contributed by atoms with Crippen LogP contribution in [0.25, 0.3) is 0 Å². The molecular formula is C11H22N2O. The van der Waals surface area contributed by atoms with Gasteiger partial charge < -0.3 is 10.6 Å². The molecule has 0 aromatic rings. The lowest BCUT2D eigenvalue weighted by Gasteiger charge is -2.28. The molecular weight excluding hydrogens is 176 g/mol. The highest BCUT2D eigenvalue weighted by Gasteiger charge is 2.20. The molecule has 1 heterocycles. The lowest BCUT2D eigenvalue weighted by atomic mass is 9.91. The zero-order chi connectivity index (χ0) is 10.4. The largest absolute Gasteiger partial charge is 0.353 e. The number of carbonyl (C=O) groups is 1. The summed E-state index contributed by atoms with van der Waals surface area (Å²) in [6.45, 7) is 6.36. The molecule has 0 spiro atoms. The molecule has 1 unspecified atom stereocenters. The summed E-state index contributed by atoms with van der Waals surface area (Å²) in [7, 11) is 0. The molecule has 1 aliphatic heterocycles. The van der Waals surface area contributed by atoms with Gasteiger partial charge in [-0.2, -0.15) is 0 Å². The molecule has 1 rings (SSSR count). The molecule has 0 aliphatic carbocycles. The molecule has 1 fully saturated rings. The second kappa shape index (κ2) is 6.02. The highest BCUT2D eigenvalue weighted by atomic mass is 16.1. The summed E-state index contributed by atoms with van der Waals surface area (Å²) in [5, 5.41) is 6.42. The lowest BCUT2D eigenvalue weighted by Crippen LogP contribution is -2.42. The summed E-state index contributed by atoms with van der Waals surface area (Å²) >= 11 is 0. The van der Waals surface area contributed by atoms with Gasteiger partial charge >= 0.3 is 0 Å². The summed E-state index contributed by atoms with van der Waals surface area (Å²) in [6, 6.07) is 0.344. The van der Waals surface area contributed by atoms with Gasteiger partial charge in [0.15, 0.2) is 0 Å². The average molecular weight is 198 g/mol. The van der Waals surface area contributed by atoms with Crippen molar-refractivity contribution in [3.8, 4) is 0 Å². The molecule has 0 radical (unpaired) electrons. The molecule has 3 heteroatoms. The highest BCUT2D eigenvalue weighted by molar-refractivity contribution is 5.76. The first-order valence-electron chi connectivity index (χ1n) is 5.74. The maximum atomic E-state index is 11.4. The van der Waals surface area contributed by atoms with Crippen LogP contribution in [0, 0.1) is 5.92 Å². The molecule has 14 heavy (non-hydrogen) atoms. The Morgan fingerprint density at radius 1 is 1.50 bits per heavy atom. The van der Waals surface area contributed by atoms with Gasteiger partial charge in [0.1, 0.15) is 0 Å². The van der Waals surface area contributed by atoms with E-state index in [1.807, 2.05) is 6.92 Å². The Kier molecular flexibility index (Phi) is 4.94. The first kappa shape index (κ1) is 11.5. The SMILES string of the molecule is CCCC(=O)NC(C)C1CCNCC1. The Hall–Kier alpha value is -0.570. The molecule has 0 saturated carbocycles. The predicted molar refractivity (Wildman–Crippen MR) is 58.1 cm³/mol. The fraction of sp³-hybridized carbons (Fsp3) is 0.909. The van der Waals surface area contributed by atoms with Gasteiger partial charge in [-0.25, -0.2) is 0 Å². The van der Waals surface area contributed by atoms with Crippen LogP contribution in [0.3, 0.4) is 0 Å². The zero-order valence-corrected chi connectivity index (χ0v) is 9.31. The lowest BCUT2D eigenvalue weighted by molar-refractivity contribution is -0.122. The third-order valence-corrected chi connectivity index (χ3v) is 2.96. The van der Waals surface area contributed by atoms with Crippen molar-refractivity contribution in [2.75, 3.05) is 13.1 Å². The van der Waals surface area contributed by atoms with Crippen LogP contribution in [0.5, 0.6) is 0 Å². The number of nitrogens with one attached hydrogen (secondary N) is 2. The van der Waals surface area contributed by atoms with E-state index < -0.39 is 0 Å². The van der Waals surface area contributed by atoms with Gasteiger partial charge in [-0.3, -0.25) is 4.79 Å². The van der Waals surface area contributed by atoms with Gasteiger partial charge in [-0.15, -0.1) is 0 Å². The van der Waals surface area contributed by atoms with Crippen molar-refractivity contribution in [3.63, 3.8) is 0 Å². The minimum absolute atomic E-state index is 0.207. The molecule has 1 aliphatic rings. The van der Waals surface area contributed by atoms with E-state index in [1.54, 1.807) is 0 Å². The first-order valence-corrected chi connectivity index (χ1v) is 5.74. The van der Waals surface area contributed by atoms with Crippen LogP contribution in [0.4, 0.5) is 0 Å². The Balaban J connectivity index is 2.25. The van der Waals surface area contributed by atoms with Crippen LogP contribution in [0.2, 0.25) is 0 Å². The number of amides is 1. The van der Waals surface area contributed by atoms with E-state index in [2.05, 4.69) is 17.6 Å². The fourth-order valence-electron chi connectivity index (χ4n) is 2.02. The van der Waals surface area contributed by atoms with Crippen molar-refractivity contribution >= 4 is 5.91 Å². The maximum Gasteiger partial charge on any atom is 0.220 e. The highest BCUT2D eigenvalue weighted by Crippen LogP contribution is 2.15. The predicted octanol–water partition coefficient (Wildman–Crippen LogP) is 1.29. The van der Waals surface area contributed by atoms with Crippen LogP contribution < -0.4 is 10.6 Å². The Bertz CT molecular complexity index is 176. The summed E-state index contributed by atoms with van der Waals surface area (Å²) in [5.74, 6) is 0.871. The quantitative estimate of drug-likeness (QED) is 0.714. The van der Waals surface area contributed by atoms with Crippen LogP contribution in [-0.4, -0.2) is 25.0 Å². The molecule has 1 atom stereocenters. The summed E-state index contributed by atoms with van der Waals surface area (Å²) in [4.78, 5) is 11.4. The van der Waals surface area contributed by atoms with Gasteiger partial charge in [-0.1, -0.05) is 6.92 Å². The van der Waals surface area contributed by atoms with Crippen LogP contribution in [0.15, 0.2) is 0 Å². The van der Waals surface area contributed by atoms with Crippen molar-refractivity contribution in [1.82, 2.24) is 10.6 Å². The molecule has 0 bridgehead atoms. The normalized spacial score (nSPS) is 20.4. The van der Waals surface area contributed by atoms with E-state index >= 15 is 0 Å². The minimum atomic E-state index is 0.207. The smallest absolute Gasteiger partial charge is 0.220 e. The van der Waals surface area contributed by atoms with Crippen LogP contribution in [0.1, 0.15) is 39.5 Å². The van der Waals surface area contributed by atoms with Crippen molar-refractivity contribution in [2.45, 2.75) is 45.6 Å². The third kappa shape index (κ3) is 3.66. The maximum absolute atomic E-state index is 11.4.